The van der Waals surface area contributed by atoms with E-state index in [2.05, 4.69) is 18.8 Å². The molecule has 4 nitrogen and oxygen atoms in total. The average Bonchev–Trinajstić information content (AvgIpc) is 2.48. The van der Waals surface area contributed by atoms with Gasteiger partial charge < -0.3 is 10.0 Å². The monoisotopic (exact) mass is 278 g/mol. The molecule has 0 unspecified atom stereocenters. The van der Waals surface area contributed by atoms with Gasteiger partial charge >= 0.3 is 0 Å². The number of pyridine rings is 1. The van der Waals surface area contributed by atoms with Crippen LogP contribution < -0.4 is 0 Å². The zero-order chi connectivity index (χ0) is 14.8. The second-order valence-corrected chi connectivity index (χ2v) is 5.09. The third kappa shape index (κ3) is 5.70. The van der Waals surface area contributed by atoms with E-state index in [0.29, 0.717) is 0 Å². The Labute approximate surface area is 121 Å². The van der Waals surface area contributed by atoms with E-state index in [0.717, 1.165) is 44.3 Å². The molecule has 0 fully saturated rings. The SMILES string of the molecule is CCCCN(CCCC)C(=O)C[C@@H](O)c1ccncc1. The second kappa shape index (κ2) is 9.48. The predicted octanol–water partition coefficient (Wildman–Crippen LogP) is 2.93. The van der Waals surface area contributed by atoms with Gasteiger partial charge in [-0.1, -0.05) is 26.7 Å². The van der Waals surface area contributed by atoms with Crippen LogP contribution in [-0.2, 0) is 4.79 Å². The zero-order valence-electron chi connectivity index (χ0n) is 12.6. The lowest BCUT2D eigenvalue weighted by molar-refractivity contribution is -0.133. The number of hydrogen-bond acceptors (Lipinski definition) is 3. The van der Waals surface area contributed by atoms with Crippen LogP contribution in [0, 0.1) is 0 Å². The van der Waals surface area contributed by atoms with Crippen molar-refractivity contribution in [2.45, 2.75) is 52.1 Å². The van der Waals surface area contributed by atoms with E-state index in [-0.39, 0.29) is 12.3 Å². The summed E-state index contributed by atoms with van der Waals surface area (Å²) in [5.41, 5.74) is 0.749. The predicted molar refractivity (Wildman–Crippen MR) is 80.2 cm³/mol. The van der Waals surface area contributed by atoms with Gasteiger partial charge in [-0.3, -0.25) is 9.78 Å². The Morgan fingerprint density at radius 2 is 1.75 bits per heavy atom. The number of aliphatic hydroxyl groups excluding tert-OH is 1. The molecule has 0 aliphatic rings. The Morgan fingerprint density at radius 3 is 2.25 bits per heavy atom. The average molecular weight is 278 g/mol. The Morgan fingerprint density at radius 1 is 1.20 bits per heavy atom. The van der Waals surface area contributed by atoms with Crippen LogP contribution in [-0.4, -0.2) is 34.0 Å². The fraction of sp³-hybridized carbons (Fsp3) is 0.625. The molecule has 0 aliphatic heterocycles. The first-order valence-corrected chi connectivity index (χ1v) is 7.54. The molecule has 0 saturated heterocycles. The minimum atomic E-state index is -0.740. The maximum atomic E-state index is 12.3. The van der Waals surface area contributed by atoms with Gasteiger partial charge in [0.1, 0.15) is 0 Å². The number of unbranched alkanes of at least 4 members (excludes halogenated alkanes) is 2. The van der Waals surface area contributed by atoms with Crippen molar-refractivity contribution in [3.05, 3.63) is 30.1 Å². The second-order valence-electron chi connectivity index (χ2n) is 5.09. The molecule has 1 aromatic rings. The van der Waals surface area contributed by atoms with Gasteiger partial charge in [-0.2, -0.15) is 0 Å². The molecule has 1 rings (SSSR count). The van der Waals surface area contributed by atoms with Crippen LogP contribution in [0.2, 0.25) is 0 Å². The third-order valence-electron chi connectivity index (χ3n) is 3.37. The van der Waals surface area contributed by atoms with E-state index in [1.807, 2.05) is 4.90 Å². The first-order chi connectivity index (χ1) is 9.69. The van der Waals surface area contributed by atoms with Crippen molar-refractivity contribution in [1.29, 1.82) is 0 Å². The van der Waals surface area contributed by atoms with Crippen LogP contribution in [0.3, 0.4) is 0 Å². The van der Waals surface area contributed by atoms with Crippen molar-refractivity contribution in [1.82, 2.24) is 9.88 Å². The Kier molecular flexibility index (Phi) is 7.88. The molecular formula is C16H26N2O2. The number of aliphatic hydroxyl groups is 1. The van der Waals surface area contributed by atoms with Gasteiger partial charge in [0.25, 0.3) is 0 Å². The number of amides is 1. The van der Waals surface area contributed by atoms with Crippen LogP contribution in [0.4, 0.5) is 0 Å². The van der Waals surface area contributed by atoms with E-state index in [9.17, 15) is 9.90 Å². The van der Waals surface area contributed by atoms with Crippen LogP contribution in [0.15, 0.2) is 24.5 Å². The minimum absolute atomic E-state index is 0.0382. The summed E-state index contributed by atoms with van der Waals surface area (Å²) in [4.78, 5) is 18.1. The normalized spacial score (nSPS) is 12.2. The van der Waals surface area contributed by atoms with Crippen LogP contribution >= 0.6 is 0 Å². The van der Waals surface area contributed by atoms with Gasteiger partial charge in [-0.25, -0.2) is 0 Å². The summed E-state index contributed by atoms with van der Waals surface area (Å²) in [7, 11) is 0. The molecule has 0 spiro atoms. The van der Waals surface area contributed by atoms with Gasteiger partial charge in [-0.15, -0.1) is 0 Å². The molecule has 1 amide bonds. The van der Waals surface area contributed by atoms with Crippen molar-refractivity contribution in [3.63, 3.8) is 0 Å². The Balaban J connectivity index is 2.55. The van der Waals surface area contributed by atoms with Crippen molar-refractivity contribution in [3.8, 4) is 0 Å². The van der Waals surface area contributed by atoms with Gasteiger partial charge in [0.2, 0.25) is 5.91 Å². The van der Waals surface area contributed by atoms with Gasteiger partial charge in [0.15, 0.2) is 0 Å². The molecule has 4 heteroatoms. The first-order valence-electron chi connectivity index (χ1n) is 7.54. The number of hydrogen-bond donors (Lipinski definition) is 1. The van der Waals surface area contributed by atoms with E-state index in [1.54, 1.807) is 24.5 Å². The molecule has 0 saturated carbocycles. The number of aromatic nitrogens is 1. The summed E-state index contributed by atoms with van der Waals surface area (Å²) in [6.07, 6.45) is 6.85. The molecular weight excluding hydrogens is 252 g/mol. The van der Waals surface area contributed by atoms with Crippen molar-refractivity contribution in [2.24, 2.45) is 0 Å². The molecule has 1 N–H and O–H groups in total. The smallest absolute Gasteiger partial charge is 0.225 e. The van der Waals surface area contributed by atoms with E-state index in [1.165, 1.54) is 0 Å². The molecule has 0 radical (unpaired) electrons. The molecule has 0 aliphatic carbocycles. The molecule has 20 heavy (non-hydrogen) atoms. The summed E-state index contributed by atoms with van der Waals surface area (Å²) < 4.78 is 0. The summed E-state index contributed by atoms with van der Waals surface area (Å²) >= 11 is 0. The van der Waals surface area contributed by atoms with Gasteiger partial charge in [0, 0.05) is 25.5 Å². The Hall–Kier alpha value is -1.42. The standard InChI is InChI=1S/C16H26N2O2/c1-3-5-11-18(12-6-4-2)16(20)13-15(19)14-7-9-17-10-8-14/h7-10,15,19H,3-6,11-13H2,1-2H3/t15-/m1/s1. The number of carbonyl (C=O) groups is 1. The minimum Gasteiger partial charge on any atom is -0.388 e. The molecule has 1 heterocycles. The fourth-order valence-electron chi connectivity index (χ4n) is 2.06. The maximum absolute atomic E-state index is 12.3. The lowest BCUT2D eigenvalue weighted by atomic mass is 10.1. The highest BCUT2D eigenvalue weighted by Gasteiger charge is 2.18. The summed E-state index contributed by atoms with van der Waals surface area (Å²) in [5, 5.41) is 10.1. The van der Waals surface area contributed by atoms with Crippen LogP contribution in [0.25, 0.3) is 0 Å². The zero-order valence-corrected chi connectivity index (χ0v) is 12.6. The van der Waals surface area contributed by atoms with Crippen molar-refractivity contribution < 1.29 is 9.90 Å². The lowest BCUT2D eigenvalue weighted by Gasteiger charge is -2.23. The highest BCUT2D eigenvalue weighted by atomic mass is 16.3. The quantitative estimate of drug-likeness (QED) is 0.755. The largest absolute Gasteiger partial charge is 0.388 e. The molecule has 0 aromatic carbocycles. The van der Waals surface area contributed by atoms with Crippen LogP contribution in [0.1, 0.15) is 57.6 Å². The van der Waals surface area contributed by atoms with Gasteiger partial charge in [0.05, 0.1) is 12.5 Å². The van der Waals surface area contributed by atoms with Gasteiger partial charge in [-0.05, 0) is 30.5 Å². The van der Waals surface area contributed by atoms with E-state index in [4.69, 9.17) is 0 Å². The summed E-state index contributed by atoms with van der Waals surface area (Å²) in [6, 6.07) is 3.50. The number of carbonyl (C=O) groups excluding carboxylic acids is 1. The molecule has 1 aromatic heterocycles. The highest BCUT2D eigenvalue weighted by Crippen LogP contribution is 2.17. The topological polar surface area (TPSA) is 53.4 Å². The number of nitrogens with zero attached hydrogens (tertiary/aromatic N) is 2. The third-order valence-corrected chi connectivity index (χ3v) is 3.37. The number of rotatable bonds is 9. The lowest BCUT2D eigenvalue weighted by Crippen LogP contribution is -2.33. The summed E-state index contributed by atoms with van der Waals surface area (Å²) in [5.74, 6) is 0.0382. The van der Waals surface area contributed by atoms with Crippen molar-refractivity contribution in [2.75, 3.05) is 13.1 Å². The molecule has 0 bridgehead atoms. The Bertz CT molecular complexity index is 373. The van der Waals surface area contributed by atoms with Crippen molar-refractivity contribution >= 4 is 5.91 Å². The van der Waals surface area contributed by atoms with E-state index >= 15 is 0 Å². The van der Waals surface area contributed by atoms with E-state index < -0.39 is 6.10 Å². The molecule has 112 valence electrons. The maximum Gasteiger partial charge on any atom is 0.225 e. The molecule has 1 atom stereocenters. The summed E-state index contributed by atoms with van der Waals surface area (Å²) in [6.45, 7) is 5.82. The highest BCUT2D eigenvalue weighted by molar-refractivity contribution is 5.76. The fourth-order valence-corrected chi connectivity index (χ4v) is 2.06. The first kappa shape index (κ1) is 16.6. The van der Waals surface area contributed by atoms with Crippen LogP contribution in [0.5, 0.6) is 0 Å².